The Morgan fingerprint density at radius 3 is 0.857 bits per heavy atom. The molecule has 0 unspecified atom stereocenters. The lowest BCUT2D eigenvalue weighted by Gasteiger charge is -2.36. The van der Waals surface area contributed by atoms with E-state index >= 15 is 0 Å². The molecule has 1 N–H and O–H groups in total. The molecule has 0 aliphatic carbocycles. The van der Waals surface area contributed by atoms with Crippen LogP contribution in [0.3, 0.4) is 0 Å². The molecule has 0 aromatic carbocycles. The highest BCUT2D eigenvalue weighted by molar-refractivity contribution is 7.19. The van der Waals surface area contributed by atoms with E-state index in [2.05, 4.69) is 68.2 Å². The number of halogens is 4. The number of nitrogens with one attached hydrogen (secondary N) is 1. The molecule has 0 saturated heterocycles. The summed E-state index contributed by atoms with van der Waals surface area (Å²) >= 11 is 24.6. The summed E-state index contributed by atoms with van der Waals surface area (Å²) in [6, 6.07) is 2.40. The fourth-order valence-corrected chi connectivity index (χ4v) is 5.17. The van der Waals surface area contributed by atoms with E-state index in [-0.39, 0.29) is 7.43 Å². The maximum absolute atomic E-state index is 6.44. The van der Waals surface area contributed by atoms with Crippen molar-refractivity contribution < 1.29 is 0 Å². The molecule has 0 bridgehead atoms. The van der Waals surface area contributed by atoms with Gasteiger partial charge in [-0.05, 0) is 109 Å². The molecule has 0 rings (SSSR count). The van der Waals surface area contributed by atoms with Crippen molar-refractivity contribution in [1.29, 1.82) is 0 Å². The molecule has 0 amide bonds. The zero-order chi connectivity index (χ0) is 28.7. The lowest BCUT2D eigenvalue weighted by atomic mass is 10.9. The molecule has 0 aromatic heterocycles. The van der Waals surface area contributed by atoms with Crippen LogP contribution >= 0.6 is 44.3 Å². The molecule has 0 aliphatic rings. The smallest absolute Gasteiger partial charge is 0.319 e. The third-order valence-electron chi connectivity index (χ3n) is 5.94. The van der Waals surface area contributed by atoms with Crippen LogP contribution in [0.5, 0.6) is 0 Å². The average Bonchev–Trinajstić information content (AvgIpc) is 2.68. The van der Waals surface area contributed by atoms with E-state index in [1.807, 2.05) is 77.5 Å². The van der Waals surface area contributed by atoms with Crippen molar-refractivity contribution in [2.24, 2.45) is 0 Å². The van der Waals surface area contributed by atoms with Crippen LogP contribution in [0.2, 0.25) is 38.3 Å². The van der Waals surface area contributed by atoms with Gasteiger partial charge < -0.3 is 28.1 Å². The highest BCUT2D eigenvalue weighted by Crippen LogP contribution is 2.18. The first-order chi connectivity index (χ1) is 14.9. The fourth-order valence-electron chi connectivity index (χ4n) is 1.59. The summed E-state index contributed by atoms with van der Waals surface area (Å²) in [5.74, 6) is 0. The normalized spacial score (nSPS) is 12.5. The lowest BCUT2D eigenvalue weighted by Crippen LogP contribution is -2.62. The first-order valence-corrected chi connectivity index (χ1v) is 26.1. The quantitative estimate of drug-likeness (QED) is 0.246. The van der Waals surface area contributed by atoms with Crippen molar-refractivity contribution in [1.82, 2.24) is 28.1 Å². The third kappa shape index (κ3) is 23.4. The van der Waals surface area contributed by atoms with Gasteiger partial charge in [0.1, 0.15) is 0 Å². The van der Waals surface area contributed by atoms with Gasteiger partial charge in [-0.1, -0.05) is 27.8 Å². The van der Waals surface area contributed by atoms with Crippen molar-refractivity contribution in [3.05, 3.63) is 0 Å². The zero-order valence-electron chi connectivity index (χ0n) is 25.4. The number of nitrogens with zero attached hydrogens (tertiary/aromatic N) is 5. The second-order valence-electron chi connectivity index (χ2n) is 10.2. The topological polar surface area (TPSA) is 28.2 Å². The van der Waals surface area contributed by atoms with Gasteiger partial charge in [-0.3, -0.25) is 0 Å². The first-order valence-electron chi connectivity index (χ1n) is 11.7. The van der Waals surface area contributed by atoms with Gasteiger partial charge >= 0.3 is 15.4 Å². The summed E-state index contributed by atoms with van der Waals surface area (Å²) in [5.41, 5.74) is 0. The summed E-state index contributed by atoms with van der Waals surface area (Å²) in [6.07, 6.45) is 0.870. The van der Waals surface area contributed by atoms with Crippen LogP contribution in [0.1, 0.15) is 21.3 Å². The highest BCUT2D eigenvalue weighted by Gasteiger charge is 2.36. The minimum atomic E-state index is -1.88. The molecular weight excluding hydrogens is 590 g/mol. The van der Waals surface area contributed by atoms with Crippen molar-refractivity contribution in [2.45, 2.75) is 59.6 Å². The Morgan fingerprint density at radius 1 is 0.571 bits per heavy atom. The number of rotatable bonds is 9. The Kier molecular flexibility index (Phi) is 28.8. The first kappa shape index (κ1) is 46.6. The lowest BCUT2D eigenvalue weighted by molar-refractivity contribution is 0.497. The molecule has 0 atom stereocenters. The van der Waals surface area contributed by atoms with Gasteiger partial charge in [-0.2, -0.15) is 11.1 Å². The molecule has 0 aliphatic heterocycles. The van der Waals surface area contributed by atoms with E-state index in [4.69, 9.17) is 44.3 Å². The maximum Gasteiger partial charge on any atom is 0.320 e. The van der Waals surface area contributed by atoms with Gasteiger partial charge in [0.2, 0.25) is 7.55 Å². The van der Waals surface area contributed by atoms with Crippen LogP contribution in [0.4, 0.5) is 0 Å². The molecule has 35 heavy (non-hydrogen) atoms. The van der Waals surface area contributed by atoms with E-state index in [1.165, 1.54) is 12.1 Å². The van der Waals surface area contributed by atoms with Crippen LogP contribution in [0, 0.1) is 0 Å². The minimum Gasteiger partial charge on any atom is -0.319 e. The zero-order valence-corrected chi connectivity index (χ0v) is 32.4. The van der Waals surface area contributed by atoms with Crippen molar-refractivity contribution in [2.75, 3.05) is 83.7 Å². The van der Waals surface area contributed by atoms with E-state index in [0.29, 0.717) is 0 Å². The van der Waals surface area contributed by atoms with Gasteiger partial charge in [0, 0.05) is 6.17 Å². The molecule has 0 radical (unpaired) electrons. The van der Waals surface area contributed by atoms with Gasteiger partial charge in [-0.25, -0.2) is 0 Å². The largest absolute Gasteiger partial charge is 0.320 e. The molecule has 220 valence electrons. The van der Waals surface area contributed by atoms with E-state index in [9.17, 15) is 0 Å². The maximum atomic E-state index is 6.44. The predicted molar refractivity (Wildman–Crippen MR) is 180 cm³/mol. The minimum absolute atomic E-state index is 0. The van der Waals surface area contributed by atoms with Gasteiger partial charge in [0.05, 0.1) is 0 Å². The van der Waals surface area contributed by atoms with Crippen molar-refractivity contribution >= 4 is 74.7 Å². The van der Waals surface area contributed by atoms with Crippen LogP contribution in [-0.4, -0.2) is 137 Å². The Morgan fingerprint density at radius 2 is 0.829 bits per heavy atom. The summed E-state index contributed by atoms with van der Waals surface area (Å²) < 4.78 is 10.5. The summed E-state index contributed by atoms with van der Waals surface area (Å²) in [6.45, 7) is 12.8. The molecule has 0 aromatic rings. The van der Waals surface area contributed by atoms with Crippen LogP contribution in [-0.2, 0) is 0 Å². The Hall–Kier alpha value is 1.79. The van der Waals surface area contributed by atoms with Crippen LogP contribution in [0.25, 0.3) is 0 Å². The van der Waals surface area contributed by atoms with E-state index in [1.54, 1.807) is 0 Å². The van der Waals surface area contributed by atoms with Crippen LogP contribution < -0.4 is 5.32 Å². The van der Waals surface area contributed by atoms with Crippen molar-refractivity contribution in [3.63, 3.8) is 0 Å². The molecule has 0 heterocycles. The second-order valence-corrected chi connectivity index (χ2v) is 34.8. The van der Waals surface area contributed by atoms with Crippen LogP contribution in [0.15, 0.2) is 0 Å². The Balaban J connectivity index is -0.000000115. The molecule has 0 saturated carbocycles. The van der Waals surface area contributed by atoms with Gasteiger partial charge in [0.15, 0.2) is 7.38 Å². The Labute approximate surface area is 244 Å². The van der Waals surface area contributed by atoms with Gasteiger partial charge in [-0.15, -0.1) is 33.2 Å². The van der Waals surface area contributed by atoms with Crippen molar-refractivity contribution in [3.8, 4) is 0 Å². The second kappa shape index (κ2) is 21.6. The fraction of sp³-hybridized carbons (Fsp3) is 1.00. The predicted octanol–water partition coefficient (Wildman–Crippen LogP) is 5.93. The number of hydrogen-bond acceptors (Lipinski definition) is 6. The average molecular weight is 653 g/mol. The number of hydrogen-bond donors (Lipinski definition) is 1. The summed E-state index contributed by atoms with van der Waals surface area (Å²) in [7, 11) is 15.9. The molecule has 14 heteroatoms. The van der Waals surface area contributed by atoms with E-state index < -0.39 is 30.3 Å². The summed E-state index contributed by atoms with van der Waals surface area (Å²) in [5, 5.41) is 3.12. The molecular formula is C21H62Cl4N6Si4. The SMILES string of the molecule is C.CC[Si](C)(Cl)CC.CN(C)[Si](C)(C)Cl.CN(C)[Si](C)(Cl)N(C)C.CNC[Si](Cl)(N(C)C)N(C)C. The molecule has 0 fully saturated rings. The Bertz CT molecular complexity index is 466. The summed E-state index contributed by atoms with van der Waals surface area (Å²) in [4.78, 5) is 0. The molecule has 0 spiro atoms. The standard InChI is InChI=1S/C6H18ClN3Si.C5H15ClN2Si.C5H13ClSi.C4H12ClNSi.CH4/c1-8-6-11(7,9(2)3)10(4)5;1-7(2)9(5,6)8(3)4;1-4-7(3,6)5-2;1-6(2)7(3,4)5;/h8H,6H2,1-5H3;1-5H3;4-5H2,1-3H3;1-4H3;1H4. The monoisotopic (exact) mass is 650 g/mol. The highest BCUT2D eigenvalue weighted by atomic mass is 35.6. The molecule has 6 nitrogen and oxygen atoms in total. The van der Waals surface area contributed by atoms with Gasteiger partial charge in [0.25, 0.3) is 0 Å². The van der Waals surface area contributed by atoms with E-state index in [0.717, 1.165) is 6.17 Å². The third-order valence-corrected chi connectivity index (χ3v) is 24.9.